The van der Waals surface area contributed by atoms with E-state index >= 15 is 0 Å². The topological polar surface area (TPSA) is 138 Å². The van der Waals surface area contributed by atoms with Crippen molar-refractivity contribution in [1.82, 2.24) is 0 Å². The van der Waals surface area contributed by atoms with Crippen LogP contribution in [0.5, 0.6) is 11.5 Å². The van der Waals surface area contributed by atoms with Crippen LogP contribution in [0.25, 0.3) is 11.1 Å². The van der Waals surface area contributed by atoms with E-state index in [0.29, 0.717) is 33.8 Å². The lowest BCUT2D eigenvalue weighted by atomic mass is 10.0. The second-order valence-corrected chi connectivity index (χ2v) is 6.93. The highest BCUT2D eigenvalue weighted by molar-refractivity contribution is 5.68. The van der Waals surface area contributed by atoms with Gasteiger partial charge in [-0.15, -0.1) is 0 Å². The Balaban J connectivity index is 1.80. The third-order valence-corrected chi connectivity index (χ3v) is 4.70. The average molecular weight is 448 g/mol. The van der Waals surface area contributed by atoms with Gasteiger partial charge in [-0.2, -0.15) is 0 Å². The number of ether oxygens (including phenoxy) is 2. The van der Waals surface area contributed by atoms with Gasteiger partial charge >= 0.3 is 0 Å². The number of aliphatic hydroxyl groups excluding tert-OH is 3. The Labute approximate surface area is 185 Å². The van der Waals surface area contributed by atoms with Crippen molar-refractivity contribution in [2.45, 2.75) is 18.3 Å². The predicted molar refractivity (Wildman–Crippen MR) is 117 cm³/mol. The molecule has 0 amide bonds. The number of benzene rings is 2. The highest BCUT2D eigenvalue weighted by Crippen LogP contribution is 2.23. The molecule has 0 heterocycles. The minimum absolute atomic E-state index is 0.000216. The molecule has 32 heavy (non-hydrogen) atoms. The summed E-state index contributed by atoms with van der Waals surface area (Å²) in [6.45, 7) is 6.75. The van der Waals surface area contributed by atoms with Gasteiger partial charge in [-0.3, -0.25) is 10.5 Å². The largest absolute Gasteiger partial charge is 0.491 e. The quantitative estimate of drug-likeness (QED) is 0.217. The summed E-state index contributed by atoms with van der Waals surface area (Å²) in [6.07, 6.45) is -2.71. The van der Waals surface area contributed by atoms with Gasteiger partial charge in [0, 0.05) is 0 Å². The van der Waals surface area contributed by atoms with Gasteiger partial charge < -0.3 is 24.8 Å². The van der Waals surface area contributed by atoms with Crippen molar-refractivity contribution < 1.29 is 45.1 Å². The van der Waals surface area contributed by atoms with E-state index < -0.39 is 31.5 Å². The Morgan fingerprint density at radius 2 is 1.03 bits per heavy atom. The molecule has 0 aromatic heterocycles. The maximum absolute atomic E-state index is 10.1. The lowest BCUT2D eigenvalue weighted by Crippen LogP contribution is -2.25. The van der Waals surface area contributed by atoms with E-state index in [2.05, 4.69) is 22.9 Å². The molecule has 0 spiro atoms. The van der Waals surface area contributed by atoms with Crippen LogP contribution in [0.15, 0.2) is 61.7 Å². The third kappa shape index (κ3) is 7.14. The van der Waals surface area contributed by atoms with Crippen LogP contribution in [0.1, 0.15) is 11.1 Å². The maximum Gasteiger partial charge on any atom is 0.141 e. The van der Waals surface area contributed by atoms with E-state index in [1.807, 2.05) is 0 Å². The number of hydrogen-bond acceptors (Lipinski definition) is 9. The molecule has 9 heteroatoms. The zero-order chi connectivity index (χ0) is 23.5. The van der Waals surface area contributed by atoms with Crippen molar-refractivity contribution in [1.29, 1.82) is 0 Å². The van der Waals surface area contributed by atoms with Crippen LogP contribution in [0, 0.1) is 0 Å². The van der Waals surface area contributed by atoms with E-state index in [-0.39, 0.29) is 13.2 Å². The van der Waals surface area contributed by atoms with Crippen molar-refractivity contribution >= 4 is 11.1 Å². The number of hydrogen-bond donors (Lipinski definition) is 5. The van der Waals surface area contributed by atoms with Crippen LogP contribution in [-0.4, -0.2) is 70.6 Å². The molecular weight excluding hydrogens is 420 g/mol. The Morgan fingerprint density at radius 3 is 1.31 bits per heavy atom. The SMILES string of the molecule is C=C(c1ccc(OCC(O)COc2ccc(C(=C)C(CO)OO)cc2)cc1)C(CO)OO. The smallest absolute Gasteiger partial charge is 0.141 e. The molecule has 0 radical (unpaired) electrons. The van der Waals surface area contributed by atoms with Crippen LogP contribution in [0.4, 0.5) is 0 Å². The minimum Gasteiger partial charge on any atom is -0.491 e. The molecule has 5 N–H and O–H groups in total. The summed E-state index contributed by atoms with van der Waals surface area (Å²) in [5, 5.41) is 45.9. The summed E-state index contributed by atoms with van der Waals surface area (Å²) in [5.74, 6) is 1.02. The number of aliphatic hydroxyl groups is 3. The van der Waals surface area contributed by atoms with Crippen molar-refractivity contribution in [3.05, 3.63) is 72.8 Å². The second-order valence-electron chi connectivity index (χ2n) is 6.93. The van der Waals surface area contributed by atoms with Crippen molar-refractivity contribution in [2.24, 2.45) is 0 Å². The van der Waals surface area contributed by atoms with Crippen LogP contribution in [-0.2, 0) is 9.78 Å². The van der Waals surface area contributed by atoms with Crippen molar-refractivity contribution in [3.63, 3.8) is 0 Å². The molecule has 0 aliphatic heterocycles. The fraction of sp³-hybridized carbons (Fsp3) is 0.304. The fourth-order valence-corrected chi connectivity index (χ4v) is 2.75. The molecule has 2 unspecified atom stereocenters. The highest BCUT2D eigenvalue weighted by atomic mass is 17.1. The molecule has 0 aliphatic carbocycles. The molecule has 2 aromatic rings. The van der Waals surface area contributed by atoms with Gasteiger partial charge in [-0.25, -0.2) is 9.78 Å². The van der Waals surface area contributed by atoms with Gasteiger partial charge in [-0.1, -0.05) is 37.4 Å². The first kappa shape index (κ1) is 25.5. The minimum atomic E-state index is -0.910. The average Bonchev–Trinajstić information content (AvgIpc) is 2.83. The monoisotopic (exact) mass is 448 g/mol. The Kier molecular flexibility index (Phi) is 10.3. The molecule has 9 nitrogen and oxygen atoms in total. The Hall–Kier alpha value is -2.76. The summed E-state index contributed by atoms with van der Waals surface area (Å²) in [5.41, 5.74) is 2.16. The molecular formula is C23H28O9. The van der Waals surface area contributed by atoms with Crippen LogP contribution in [0.3, 0.4) is 0 Å². The molecule has 174 valence electrons. The van der Waals surface area contributed by atoms with Crippen LogP contribution < -0.4 is 9.47 Å². The first-order valence-electron chi connectivity index (χ1n) is 9.77. The molecule has 2 rings (SSSR count). The standard InChI is InChI=1S/C23H28O9/c1-15(22(11-24)31-27)17-3-7-20(8-4-17)29-13-19(26)14-30-21-9-5-18(6-10-21)16(2)23(12-25)32-28/h3-10,19,22-28H,1-2,11-14H2. The Bertz CT molecular complexity index is 769. The molecule has 2 aromatic carbocycles. The van der Waals surface area contributed by atoms with Crippen molar-refractivity contribution in [2.75, 3.05) is 26.4 Å². The van der Waals surface area contributed by atoms with Crippen LogP contribution >= 0.6 is 0 Å². The van der Waals surface area contributed by atoms with Gasteiger partial charge in [0.1, 0.15) is 43.0 Å². The summed E-state index contributed by atoms with van der Waals surface area (Å²) < 4.78 is 11.1. The first-order chi connectivity index (χ1) is 15.4. The van der Waals surface area contributed by atoms with Gasteiger partial charge in [0.25, 0.3) is 0 Å². The van der Waals surface area contributed by atoms with Gasteiger partial charge in [-0.05, 0) is 46.5 Å². The summed E-state index contributed by atoms with van der Waals surface area (Å²) in [4.78, 5) is 8.34. The number of rotatable bonds is 14. The molecule has 2 atom stereocenters. The van der Waals surface area contributed by atoms with Gasteiger partial charge in [0.2, 0.25) is 0 Å². The van der Waals surface area contributed by atoms with E-state index in [0.717, 1.165) is 0 Å². The fourth-order valence-electron chi connectivity index (χ4n) is 2.75. The van der Waals surface area contributed by atoms with E-state index in [1.54, 1.807) is 48.5 Å². The van der Waals surface area contributed by atoms with E-state index in [9.17, 15) is 5.11 Å². The van der Waals surface area contributed by atoms with E-state index in [1.165, 1.54) is 0 Å². The molecule has 0 aliphatic rings. The van der Waals surface area contributed by atoms with Gasteiger partial charge in [0.15, 0.2) is 0 Å². The third-order valence-electron chi connectivity index (χ3n) is 4.70. The van der Waals surface area contributed by atoms with Gasteiger partial charge in [0.05, 0.1) is 13.2 Å². The van der Waals surface area contributed by atoms with Crippen LogP contribution in [0.2, 0.25) is 0 Å². The highest BCUT2D eigenvalue weighted by Gasteiger charge is 2.15. The summed E-state index contributed by atoms with van der Waals surface area (Å²) in [7, 11) is 0. The maximum atomic E-state index is 10.1. The van der Waals surface area contributed by atoms with E-state index in [4.69, 9.17) is 30.2 Å². The zero-order valence-corrected chi connectivity index (χ0v) is 17.5. The molecule has 0 saturated carbocycles. The first-order valence-corrected chi connectivity index (χ1v) is 9.77. The second kappa shape index (κ2) is 12.9. The summed E-state index contributed by atoms with van der Waals surface area (Å²) >= 11 is 0. The molecule has 0 bridgehead atoms. The normalized spacial score (nSPS) is 13.8. The zero-order valence-electron chi connectivity index (χ0n) is 17.5. The lowest BCUT2D eigenvalue weighted by molar-refractivity contribution is -0.268. The molecule has 0 fully saturated rings. The molecule has 0 saturated heterocycles. The Morgan fingerprint density at radius 1 is 0.688 bits per heavy atom. The lowest BCUT2D eigenvalue weighted by Gasteiger charge is -2.16. The summed E-state index contributed by atoms with van der Waals surface area (Å²) in [6, 6.07) is 13.5. The predicted octanol–water partition coefficient (Wildman–Crippen LogP) is 2.23. The van der Waals surface area contributed by atoms with Crippen molar-refractivity contribution in [3.8, 4) is 11.5 Å².